The summed E-state index contributed by atoms with van der Waals surface area (Å²) in [6.07, 6.45) is 2.59. The highest BCUT2D eigenvalue weighted by atomic mass is 16.5. The number of nitrogens with zero attached hydrogens (tertiary/aromatic N) is 7. The first-order valence-corrected chi connectivity index (χ1v) is 12.8. The molecule has 0 radical (unpaired) electrons. The van der Waals surface area contributed by atoms with E-state index in [0.29, 0.717) is 12.4 Å². The summed E-state index contributed by atoms with van der Waals surface area (Å²) < 4.78 is 7.63. The van der Waals surface area contributed by atoms with Gasteiger partial charge in [0.25, 0.3) is 0 Å². The zero-order valence-electron chi connectivity index (χ0n) is 22.3. The van der Waals surface area contributed by atoms with Gasteiger partial charge >= 0.3 is 0 Å². The number of H-pyrrole nitrogens is 1. The highest BCUT2D eigenvalue weighted by molar-refractivity contribution is 5.84. The zero-order chi connectivity index (χ0) is 26.9. The Hall–Kier alpha value is -4.92. The number of imidazole rings is 1. The van der Waals surface area contributed by atoms with E-state index < -0.39 is 0 Å². The molecule has 0 aliphatic heterocycles. The molecule has 194 valence electrons. The van der Waals surface area contributed by atoms with E-state index in [9.17, 15) is 0 Å². The van der Waals surface area contributed by atoms with Gasteiger partial charge in [0.1, 0.15) is 17.1 Å². The van der Waals surface area contributed by atoms with Crippen molar-refractivity contribution in [2.45, 2.75) is 33.7 Å². The van der Waals surface area contributed by atoms with Gasteiger partial charge < -0.3 is 9.30 Å². The van der Waals surface area contributed by atoms with E-state index in [0.717, 1.165) is 68.4 Å². The van der Waals surface area contributed by atoms with E-state index in [-0.39, 0.29) is 0 Å². The van der Waals surface area contributed by atoms with Crippen LogP contribution in [0.3, 0.4) is 0 Å². The maximum atomic E-state index is 5.40. The fourth-order valence-corrected chi connectivity index (χ4v) is 4.97. The first kappa shape index (κ1) is 24.4. The number of nitrogens with one attached hydrogen (secondary N) is 1. The maximum Gasteiger partial charge on any atom is 0.205 e. The van der Waals surface area contributed by atoms with E-state index in [1.54, 1.807) is 13.3 Å². The van der Waals surface area contributed by atoms with Crippen LogP contribution < -0.4 is 4.74 Å². The van der Waals surface area contributed by atoms with Crippen LogP contribution >= 0.6 is 0 Å². The number of hydrogen-bond acceptors (Lipinski definition) is 7. The summed E-state index contributed by atoms with van der Waals surface area (Å²) in [6.45, 7) is 6.95. The van der Waals surface area contributed by atoms with Crippen molar-refractivity contribution in [3.8, 4) is 39.5 Å². The molecule has 1 N–H and O–H groups in total. The number of rotatable bonds is 7. The third kappa shape index (κ3) is 4.63. The second kappa shape index (κ2) is 10.1. The minimum atomic E-state index is 0.536. The average molecular weight is 517 g/mol. The molecule has 6 rings (SSSR count). The number of fused-ring (bicyclic) bond motifs is 1. The Morgan fingerprint density at radius 2 is 1.72 bits per heavy atom. The number of aromatic nitrogens is 8. The molecule has 0 spiro atoms. The van der Waals surface area contributed by atoms with Gasteiger partial charge in [-0.1, -0.05) is 37.3 Å². The second-order valence-electron chi connectivity index (χ2n) is 9.49. The van der Waals surface area contributed by atoms with Gasteiger partial charge in [-0.25, -0.2) is 9.97 Å². The average Bonchev–Trinajstić information content (AvgIpc) is 3.62. The summed E-state index contributed by atoms with van der Waals surface area (Å²) in [5.41, 5.74) is 9.93. The summed E-state index contributed by atoms with van der Waals surface area (Å²) in [7, 11) is 1.65. The predicted octanol–water partition coefficient (Wildman–Crippen LogP) is 5.58. The van der Waals surface area contributed by atoms with Gasteiger partial charge in [-0.2, -0.15) is 5.21 Å². The topological polar surface area (TPSA) is 107 Å². The minimum absolute atomic E-state index is 0.536. The van der Waals surface area contributed by atoms with Crippen molar-refractivity contribution >= 4 is 11.2 Å². The van der Waals surface area contributed by atoms with E-state index in [4.69, 9.17) is 14.7 Å². The molecule has 0 amide bonds. The summed E-state index contributed by atoms with van der Waals surface area (Å²) in [5, 5.41) is 14.8. The number of tetrazole rings is 1. The monoisotopic (exact) mass is 516 g/mol. The van der Waals surface area contributed by atoms with Crippen molar-refractivity contribution in [1.82, 2.24) is 40.1 Å². The van der Waals surface area contributed by atoms with Crippen LogP contribution in [0.4, 0.5) is 0 Å². The molecule has 9 nitrogen and oxygen atoms in total. The summed E-state index contributed by atoms with van der Waals surface area (Å²) in [4.78, 5) is 14.3. The lowest BCUT2D eigenvalue weighted by Crippen LogP contribution is -2.05. The molecule has 0 atom stereocenters. The molecule has 0 aliphatic carbocycles. The van der Waals surface area contributed by atoms with Gasteiger partial charge in [-0.05, 0) is 65.6 Å². The van der Waals surface area contributed by atoms with Gasteiger partial charge in [0.05, 0.1) is 19.3 Å². The molecule has 4 heterocycles. The lowest BCUT2D eigenvalue weighted by molar-refractivity contribution is 0.414. The largest absolute Gasteiger partial charge is 0.497 e. The molecule has 0 saturated heterocycles. The van der Waals surface area contributed by atoms with Crippen molar-refractivity contribution in [2.75, 3.05) is 7.11 Å². The first-order chi connectivity index (χ1) is 19.0. The molecule has 0 fully saturated rings. The van der Waals surface area contributed by atoms with Crippen LogP contribution in [0, 0.1) is 13.8 Å². The van der Waals surface area contributed by atoms with Crippen LogP contribution in [0.15, 0.2) is 66.9 Å². The molecule has 0 saturated carbocycles. The number of pyridine rings is 2. The van der Waals surface area contributed by atoms with Crippen molar-refractivity contribution in [3.05, 3.63) is 89.5 Å². The van der Waals surface area contributed by atoms with Crippen LogP contribution in [0.5, 0.6) is 5.75 Å². The molecule has 0 aliphatic rings. The normalized spacial score (nSPS) is 11.3. The fraction of sp³-hybridized carbons (Fsp3) is 0.200. The molecule has 0 bridgehead atoms. The van der Waals surface area contributed by atoms with E-state index in [1.165, 1.54) is 5.56 Å². The molecule has 0 unspecified atom stereocenters. The SMILES string of the molecule is CCc1nc2c(C)cc(C)nc2n1Cc1ccc(-c2cc(-c3cc(OC)ccn3)ccc2-c2nn[nH]n2)cc1. The third-order valence-corrected chi connectivity index (χ3v) is 6.89. The molecule has 4 aromatic heterocycles. The molecular weight excluding hydrogens is 488 g/mol. The van der Waals surface area contributed by atoms with Crippen molar-refractivity contribution in [1.29, 1.82) is 0 Å². The second-order valence-corrected chi connectivity index (χ2v) is 9.49. The van der Waals surface area contributed by atoms with Gasteiger partial charge in [0.2, 0.25) is 5.82 Å². The summed E-state index contributed by atoms with van der Waals surface area (Å²) in [6, 6.07) is 20.5. The summed E-state index contributed by atoms with van der Waals surface area (Å²) >= 11 is 0. The van der Waals surface area contributed by atoms with Crippen LogP contribution in [0.1, 0.15) is 29.6 Å². The molecule has 39 heavy (non-hydrogen) atoms. The van der Waals surface area contributed by atoms with Gasteiger partial charge in [0, 0.05) is 35.5 Å². The molecular formula is C30H28N8O. The van der Waals surface area contributed by atoms with E-state index in [1.807, 2.05) is 31.2 Å². The van der Waals surface area contributed by atoms with Gasteiger partial charge in [-0.3, -0.25) is 4.98 Å². The minimum Gasteiger partial charge on any atom is -0.497 e. The lowest BCUT2D eigenvalue weighted by Gasteiger charge is -2.12. The van der Waals surface area contributed by atoms with Crippen molar-refractivity contribution in [2.24, 2.45) is 0 Å². The quantitative estimate of drug-likeness (QED) is 0.295. The number of aromatic amines is 1. The number of benzene rings is 2. The molecule has 2 aromatic carbocycles. The third-order valence-electron chi connectivity index (χ3n) is 6.89. The maximum absolute atomic E-state index is 5.40. The van der Waals surface area contributed by atoms with Crippen LogP contribution in [-0.2, 0) is 13.0 Å². The van der Waals surface area contributed by atoms with E-state index >= 15 is 0 Å². The Balaban J connectivity index is 1.39. The molecule has 9 heteroatoms. The van der Waals surface area contributed by atoms with Crippen LogP contribution in [0.2, 0.25) is 0 Å². The van der Waals surface area contributed by atoms with E-state index in [2.05, 4.69) is 80.4 Å². The predicted molar refractivity (Wildman–Crippen MR) is 150 cm³/mol. The van der Waals surface area contributed by atoms with Crippen LogP contribution in [-0.4, -0.2) is 47.3 Å². The van der Waals surface area contributed by atoms with Crippen molar-refractivity contribution < 1.29 is 4.74 Å². The number of methoxy groups -OCH3 is 1. The van der Waals surface area contributed by atoms with Gasteiger partial charge in [-0.15, -0.1) is 10.2 Å². The zero-order valence-corrected chi connectivity index (χ0v) is 22.3. The fourth-order valence-electron chi connectivity index (χ4n) is 4.97. The number of hydrogen-bond donors (Lipinski definition) is 1. The number of aryl methyl sites for hydroxylation is 3. The Bertz CT molecular complexity index is 1770. The summed E-state index contributed by atoms with van der Waals surface area (Å²) in [5.74, 6) is 2.33. The van der Waals surface area contributed by atoms with Crippen LogP contribution in [0.25, 0.3) is 44.9 Å². The van der Waals surface area contributed by atoms with Crippen molar-refractivity contribution in [3.63, 3.8) is 0 Å². The highest BCUT2D eigenvalue weighted by Crippen LogP contribution is 2.34. The lowest BCUT2D eigenvalue weighted by atomic mass is 9.95. The first-order valence-electron chi connectivity index (χ1n) is 12.8. The Morgan fingerprint density at radius 3 is 2.46 bits per heavy atom. The Labute approximate surface area is 225 Å². The number of ether oxygens (including phenoxy) is 1. The standard InChI is InChI=1S/C30H28N8O/c1-5-27-33-28-18(2)14-19(3)32-30(28)38(27)17-20-6-8-21(9-7-20)25-15-22(26-16-23(39-4)12-13-31-26)10-11-24(25)29-34-36-37-35-29/h6-16H,5,17H2,1-4H3,(H,34,35,36,37). The van der Waals surface area contributed by atoms with Gasteiger partial charge in [0.15, 0.2) is 5.65 Å². The Morgan fingerprint density at radius 1 is 0.897 bits per heavy atom. The molecule has 6 aromatic rings. The smallest absolute Gasteiger partial charge is 0.205 e. The Kier molecular flexibility index (Phi) is 6.32. The highest BCUT2D eigenvalue weighted by Gasteiger charge is 2.16.